The molecule has 1 aromatic heterocycles. The van der Waals surface area contributed by atoms with Gasteiger partial charge < -0.3 is 4.90 Å². The van der Waals surface area contributed by atoms with Crippen molar-refractivity contribution >= 4 is 11.4 Å². The van der Waals surface area contributed by atoms with Gasteiger partial charge in [-0.1, -0.05) is 123 Å². The summed E-state index contributed by atoms with van der Waals surface area (Å²) in [4.78, 5) is 17.6. The van der Waals surface area contributed by atoms with Gasteiger partial charge in [0.05, 0.1) is 29.3 Å². The van der Waals surface area contributed by atoms with Crippen LogP contribution in [-0.4, -0.2) is 21.0 Å². The van der Waals surface area contributed by atoms with Gasteiger partial charge in [0.1, 0.15) is 0 Å². The molecule has 10 rings (SSSR count). The average molecular weight is 719 g/mol. The lowest BCUT2D eigenvalue weighted by atomic mass is 9.81. The number of allylic oxidation sites excluding steroid dienone is 2. The van der Waals surface area contributed by atoms with Gasteiger partial charge in [0.25, 0.3) is 0 Å². The Kier molecular flexibility index (Phi) is 7.63. The van der Waals surface area contributed by atoms with Crippen molar-refractivity contribution in [2.24, 2.45) is 0 Å². The first-order chi connectivity index (χ1) is 27.4. The number of hydrogen-bond donors (Lipinski definition) is 0. The lowest BCUT2D eigenvalue weighted by molar-refractivity contribution is 0.660. The zero-order valence-corrected chi connectivity index (χ0v) is 30.8. The van der Waals surface area contributed by atoms with E-state index in [4.69, 9.17) is 15.0 Å². The number of fused-ring (bicyclic) bond motifs is 6. The van der Waals surface area contributed by atoms with Crippen molar-refractivity contribution in [3.05, 3.63) is 186 Å². The zero-order valence-electron chi connectivity index (χ0n) is 30.8. The number of nitrogens with zero attached hydrogens (tertiary/aromatic N) is 6. The molecule has 0 fully saturated rings. The zero-order chi connectivity index (χ0) is 38.0. The van der Waals surface area contributed by atoms with Gasteiger partial charge in [0.15, 0.2) is 17.5 Å². The Hall–Kier alpha value is -7.41. The largest absolute Gasteiger partial charge is 0.333 e. The third-order valence-corrected chi connectivity index (χ3v) is 11.4. The van der Waals surface area contributed by atoms with E-state index in [1.54, 1.807) is 6.07 Å². The van der Waals surface area contributed by atoms with Gasteiger partial charge in [-0.05, 0) is 87.5 Å². The van der Waals surface area contributed by atoms with E-state index in [2.05, 4.69) is 110 Å². The fourth-order valence-corrected chi connectivity index (χ4v) is 8.74. The summed E-state index contributed by atoms with van der Waals surface area (Å²) >= 11 is 0. The molecule has 0 bridgehead atoms. The highest BCUT2D eigenvalue weighted by Gasteiger charge is 2.42. The number of aromatic nitrogens is 3. The quantitative estimate of drug-likeness (QED) is 0.176. The molecule has 7 aromatic rings. The topological polar surface area (TPSA) is 89.5 Å². The smallest absolute Gasteiger partial charge is 0.164 e. The number of benzene rings is 6. The molecule has 0 spiro atoms. The van der Waals surface area contributed by atoms with Gasteiger partial charge in [0, 0.05) is 39.4 Å². The normalized spacial score (nSPS) is 16.7. The van der Waals surface area contributed by atoms with Gasteiger partial charge in [-0.25, -0.2) is 15.0 Å². The third-order valence-electron chi connectivity index (χ3n) is 11.4. The molecule has 264 valence electrons. The molecule has 2 unspecified atom stereocenters. The lowest BCUT2D eigenvalue weighted by Crippen LogP contribution is -2.28. The third kappa shape index (κ3) is 5.35. The summed E-state index contributed by atoms with van der Waals surface area (Å²) in [5, 5.41) is 20.0. The second kappa shape index (κ2) is 12.9. The van der Waals surface area contributed by atoms with E-state index < -0.39 is 0 Å². The van der Waals surface area contributed by atoms with Crippen LogP contribution in [0.2, 0.25) is 0 Å². The minimum Gasteiger partial charge on any atom is -0.333 e. The molecule has 6 nitrogen and oxygen atoms in total. The fraction of sp³-hybridized carbons (Fsp3) is 0.100. The molecule has 3 aliphatic rings. The highest BCUT2D eigenvalue weighted by Crippen LogP contribution is 2.56. The summed E-state index contributed by atoms with van der Waals surface area (Å²) < 4.78 is 0. The molecule has 0 saturated heterocycles. The Morgan fingerprint density at radius 1 is 0.536 bits per heavy atom. The van der Waals surface area contributed by atoms with Crippen molar-refractivity contribution in [1.29, 1.82) is 10.5 Å². The maximum absolute atomic E-state index is 9.98. The van der Waals surface area contributed by atoms with Crippen LogP contribution in [0.4, 0.5) is 11.4 Å². The first-order valence-corrected chi connectivity index (χ1v) is 18.8. The fourth-order valence-electron chi connectivity index (χ4n) is 8.74. The van der Waals surface area contributed by atoms with Crippen molar-refractivity contribution in [3.63, 3.8) is 0 Å². The van der Waals surface area contributed by atoms with Crippen LogP contribution in [0.5, 0.6) is 0 Å². The van der Waals surface area contributed by atoms with Crippen LogP contribution in [-0.2, 0) is 5.41 Å². The monoisotopic (exact) mass is 718 g/mol. The molecule has 56 heavy (non-hydrogen) atoms. The van der Waals surface area contributed by atoms with Crippen molar-refractivity contribution in [2.75, 3.05) is 4.90 Å². The van der Waals surface area contributed by atoms with E-state index in [0.29, 0.717) is 28.6 Å². The standard InChI is InChI=1S/C50H34N6/c1-50(2)43-19-11-9-17-39(43)41-27-42-40-18-10-12-20-45(40)56(46(42)28-44(41)50)38-25-36(35-22-31(29-51)21-32(23-35)30-52)24-37(26-38)49-54-47(33-13-5-3-6-14-33)53-48(55-49)34-15-7-4-8-16-34/h3-28,40,45H,1-2H3. The Bertz CT molecular complexity index is 2790. The summed E-state index contributed by atoms with van der Waals surface area (Å²) in [5.41, 5.74) is 13.5. The van der Waals surface area contributed by atoms with Crippen LogP contribution in [0, 0.1) is 22.7 Å². The summed E-state index contributed by atoms with van der Waals surface area (Å²) in [6.45, 7) is 4.64. The van der Waals surface area contributed by atoms with Gasteiger partial charge >= 0.3 is 0 Å². The van der Waals surface area contributed by atoms with Crippen LogP contribution < -0.4 is 4.90 Å². The Labute approximate surface area is 326 Å². The molecule has 6 aromatic carbocycles. The summed E-state index contributed by atoms with van der Waals surface area (Å²) in [5.74, 6) is 1.81. The molecule has 0 N–H and O–H groups in total. The molecule has 0 saturated carbocycles. The molecule has 2 atom stereocenters. The number of hydrogen-bond acceptors (Lipinski definition) is 6. The molecule has 2 heterocycles. The van der Waals surface area contributed by atoms with E-state index in [0.717, 1.165) is 39.2 Å². The first-order valence-electron chi connectivity index (χ1n) is 18.8. The second-order valence-electron chi connectivity index (χ2n) is 15.1. The number of rotatable bonds is 5. The summed E-state index contributed by atoms with van der Waals surface area (Å²) in [6, 6.07) is 49.8. The van der Waals surface area contributed by atoms with Crippen LogP contribution in [0.15, 0.2) is 158 Å². The number of anilines is 2. The SMILES string of the molecule is CC1(C)c2ccccc2-c2cc3c(cc21)N(c1cc(-c2cc(C#N)cc(C#N)c2)cc(-c2nc(-c4ccccc4)nc(-c4ccccc4)n2)c1)C1C=CC=CC31. The van der Waals surface area contributed by atoms with E-state index in [9.17, 15) is 10.5 Å². The maximum atomic E-state index is 9.98. The Morgan fingerprint density at radius 2 is 1.11 bits per heavy atom. The van der Waals surface area contributed by atoms with Crippen LogP contribution >= 0.6 is 0 Å². The van der Waals surface area contributed by atoms with Gasteiger partial charge in [-0.2, -0.15) is 10.5 Å². The first kappa shape index (κ1) is 33.2. The van der Waals surface area contributed by atoms with Crippen molar-refractivity contribution in [1.82, 2.24) is 15.0 Å². The van der Waals surface area contributed by atoms with Crippen molar-refractivity contribution in [2.45, 2.75) is 31.2 Å². The van der Waals surface area contributed by atoms with Gasteiger partial charge in [-0.15, -0.1) is 0 Å². The van der Waals surface area contributed by atoms with Crippen LogP contribution in [0.3, 0.4) is 0 Å². The highest BCUT2D eigenvalue weighted by molar-refractivity contribution is 5.89. The lowest BCUT2D eigenvalue weighted by Gasteiger charge is -2.30. The highest BCUT2D eigenvalue weighted by atomic mass is 15.2. The Balaban J connectivity index is 1.22. The summed E-state index contributed by atoms with van der Waals surface area (Å²) in [6.07, 6.45) is 8.89. The van der Waals surface area contributed by atoms with Crippen molar-refractivity contribution < 1.29 is 0 Å². The molecular weight excluding hydrogens is 685 g/mol. The van der Waals surface area contributed by atoms with E-state index in [-0.39, 0.29) is 17.4 Å². The van der Waals surface area contributed by atoms with E-state index >= 15 is 0 Å². The minimum atomic E-state index is -0.170. The molecule has 6 heteroatoms. The molecule has 2 aliphatic carbocycles. The molecule has 0 amide bonds. The van der Waals surface area contributed by atoms with Crippen LogP contribution in [0.25, 0.3) is 56.4 Å². The van der Waals surface area contributed by atoms with Gasteiger partial charge in [-0.3, -0.25) is 0 Å². The van der Waals surface area contributed by atoms with E-state index in [1.807, 2.05) is 72.8 Å². The van der Waals surface area contributed by atoms with Gasteiger partial charge in [0.2, 0.25) is 0 Å². The van der Waals surface area contributed by atoms with Crippen molar-refractivity contribution in [3.8, 4) is 68.6 Å². The summed E-state index contributed by atoms with van der Waals surface area (Å²) in [7, 11) is 0. The van der Waals surface area contributed by atoms with E-state index in [1.165, 1.54) is 27.8 Å². The molecule has 1 aliphatic heterocycles. The predicted molar refractivity (Wildman–Crippen MR) is 222 cm³/mol. The number of nitriles is 2. The second-order valence-corrected chi connectivity index (χ2v) is 15.1. The molecule has 0 radical (unpaired) electrons. The predicted octanol–water partition coefficient (Wildman–Crippen LogP) is 11.3. The van der Waals surface area contributed by atoms with Crippen LogP contribution in [0.1, 0.15) is 47.6 Å². The maximum Gasteiger partial charge on any atom is 0.164 e. The Morgan fingerprint density at radius 3 is 1.77 bits per heavy atom. The minimum absolute atomic E-state index is 0.0252. The molecular formula is C50H34N6. The average Bonchev–Trinajstić information content (AvgIpc) is 3.70.